The topological polar surface area (TPSA) is 69.6 Å². The second-order valence-electron chi connectivity index (χ2n) is 2.02. The molecule has 0 saturated heterocycles. The first kappa shape index (κ1) is 8.09. The maximum Gasteiger partial charge on any atom is 0.283 e. The van der Waals surface area contributed by atoms with Gasteiger partial charge in [-0.3, -0.25) is 4.55 Å². The van der Waals surface area contributed by atoms with Crippen molar-refractivity contribution in [3.05, 3.63) is 24.8 Å². The molecule has 2 N–H and O–H groups in total. The zero-order valence-corrected chi connectivity index (χ0v) is 6.45. The maximum atomic E-state index is 10.3. The SMILES string of the molecule is O=S(=O)(O)CN1C=CNC=C1. The molecule has 0 radical (unpaired) electrons. The lowest BCUT2D eigenvalue weighted by atomic mass is 10.6. The van der Waals surface area contributed by atoms with Gasteiger partial charge in [0.1, 0.15) is 5.88 Å². The molecule has 0 aromatic carbocycles. The summed E-state index contributed by atoms with van der Waals surface area (Å²) in [6.45, 7) is 0. The Hall–Kier alpha value is -1.01. The number of rotatable bonds is 2. The number of nitrogens with zero attached hydrogens (tertiary/aromatic N) is 1. The van der Waals surface area contributed by atoms with Crippen molar-refractivity contribution in [1.29, 1.82) is 0 Å². The van der Waals surface area contributed by atoms with E-state index in [1.54, 1.807) is 12.4 Å². The molecule has 0 spiro atoms. The lowest BCUT2D eigenvalue weighted by Crippen LogP contribution is -2.22. The van der Waals surface area contributed by atoms with Crippen LogP contribution in [0.25, 0.3) is 0 Å². The van der Waals surface area contributed by atoms with Crippen LogP contribution in [-0.4, -0.2) is 23.7 Å². The van der Waals surface area contributed by atoms with Crippen molar-refractivity contribution in [2.45, 2.75) is 0 Å². The van der Waals surface area contributed by atoms with Gasteiger partial charge in [-0.15, -0.1) is 0 Å². The highest BCUT2D eigenvalue weighted by molar-refractivity contribution is 7.85. The Morgan fingerprint density at radius 2 is 1.91 bits per heavy atom. The molecule has 0 aromatic rings. The Kier molecular flexibility index (Phi) is 2.16. The second kappa shape index (κ2) is 2.93. The standard InChI is InChI=1S/C5H8N2O3S/c8-11(9,10)5-7-3-1-6-2-4-7/h1-4,6H,5H2,(H,8,9,10). The minimum atomic E-state index is -3.93. The Bertz CT molecular complexity index is 268. The highest BCUT2D eigenvalue weighted by atomic mass is 32.2. The van der Waals surface area contributed by atoms with Gasteiger partial charge in [0.05, 0.1) is 0 Å². The van der Waals surface area contributed by atoms with E-state index in [0.29, 0.717) is 0 Å². The average molecular weight is 176 g/mol. The van der Waals surface area contributed by atoms with E-state index < -0.39 is 16.0 Å². The fourth-order valence-corrected chi connectivity index (χ4v) is 1.21. The first-order chi connectivity index (χ1) is 5.08. The minimum Gasteiger partial charge on any atom is -0.365 e. The zero-order valence-electron chi connectivity index (χ0n) is 5.64. The third-order valence-corrected chi connectivity index (χ3v) is 1.66. The van der Waals surface area contributed by atoms with Gasteiger partial charge in [-0.1, -0.05) is 0 Å². The van der Waals surface area contributed by atoms with E-state index in [-0.39, 0.29) is 0 Å². The van der Waals surface area contributed by atoms with Crippen LogP contribution >= 0.6 is 0 Å². The molecule has 0 saturated carbocycles. The lowest BCUT2D eigenvalue weighted by molar-refractivity contribution is 0.451. The average Bonchev–Trinajstić information content (AvgIpc) is 1.85. The van der Waals surface area contributed by atoms with Crippen LogP contribution in [0.15, 0.2) is 24.8 Å². The molecule has 1 rings (SSSR count). The highest BCUT2D eigenvalue weighted by Gasteiger charge is 2.08. The van der Waals surface area contributed by atoms with Gasteiger partial charge in [0.2, 0.25) is 0 Å². The van der Waals surface area contributed by atoms with Gasteiger partial charge in [0.15, 0.2) is 0 Å². The molecular formula is C5H8N2O3S. The molecule has 6 heteroatoms. The summed E-state index contributed by atoms with van der Waals surface area (Å²) in [5, 5.41) is 2.72. The molecule has 0 fully saturated rings. The summed E-state index contributed by atoms with van der Waals surface area (Å²) >= 11 is 0. The van der Waals surface area contributed by atoms with E-state index in [1.807, 2.05) is 0 Å². The zero-order chi connectivity index (χ0) is 8.32. The summed E-state index contributed by atoms with van der Waals surface area (Å²) in [5.74, 6) is -0.415. The van der Waals surface area contributed by atoms with E-state index in [1.165, 1.54) is 17.3 Å². The molecular weight excluding hydrogens is 168 g/mol. The van der Waals surface area contributed by atoms with Crippen LogP contribution in [-0.2, 0) is 10.1 Å². The largest absolute Gasteiger partial charge is 0.365 e. The van der Waals surface area contributed by atoms with Crippen molar-refractivity contribution in [3.8, 4) is 0 Å². The molecule has 0 aromatic heterocycles. The molecule has 0 bridgehead atoms. The van der Waals surface area contributed by atoms with Gasteiger partial charge in [-0.05, 0) is 0 Å². The van der Waals surface area contributed by atoms with Crippen LogP contribution < -0.4 is 5.32 Å². The van der Waals surface area contributed by atoms with Crippen molar-refractivity contribution >= 4 is 10.1 Å². The van der Waals surface area contributed by atoms with Crippen LogP contribution in [0.2, 0.25) is 0 Å². The van der Waals surface area contributed by atoms with Gasteiger partial charge in [0, 0.05) is 24.8 Å². The fourth-order valence-electron chi connectivity index (χ4n) is 0.657. The van der Waals surface area contributed by atoms with E-state index >= 15 is 0 Å². The van der Waals surface area contributed by atoms with E-state index in [2.05, 4.69) is 5.32 Å². The van der Waals surface area contributed by atoms with Crippen LogP contribution in [0.3, 0.4) is 0 Å². The quantitative estimate of drug-likeness (QED) is 0.564. The van der Waals surface area contributed by atoms with Crippen LogP contribution in [0.1, 0.15) is 0 Å². The van der Waals surface area contributed by atoms with Gasteiger partial charge in [-0.25, -0.2) is 0 Å². The monoisotopic (exact) mass is 176 g/mol. The minimum absolute atomic E-state index is 0.415. The highest BCUT2D eigenvalue weighted by Crippen LogP contribution is 1.97. The van der Waals surface area contributed by atoms with Crippen LogP contribution in [0.4, 0.5) is 0 Å². The predicted octanol–water partition coefficient (Wildman–Crippen LogP) is -0.321. The predicted molar refractivity (Wildman–Crippen MR) is 39.7 cm³/mol. The van der Waals surface area contributed by atoms with Gasteiger partial charge < -0.3 is 10.2 Å². The normalized spacial score (nSPS) is 16.6. The second-order valence-corrected chi connectivity index (χ2v) is 3.45. The third kappa shape index (κ3) is 3.06. The molecule has 1 aliphatic heterocycles. The molecule has 0 unspecified atom stereocenters. The number of hydrogen-bond donors (Lipinski definition) is 2. The Labute approximate surface area is 64.8 Å². The summed E-state index contributed by atoms with van der Waals surface area (Å²) in [6, 6.07) is 0. The van der Waals surface area contributed by atoms with E-state index in [0.717, 1.165) is 0 Å². The van der Waals surface area contributed by atoms with Crippen molar-refractivity contribution < 1.29 is 13.0 Å². The van der Waals surface area contributed by atoms with Crippen molar-refractivity contribution in [2.24, 2.45) is 0 Å². The summed E-state index contributed by atoms with van der Waals surface area (Å²) in [4.78, 5) is 1.34. The lowest BCUT2D eigenvalue weighted by Gasteiger charge is -2.15. The first-order valence-corrected chi connectivity index (χ1v) is 4.49. The maximum absolute atomic E-state index is 10.3. The molecule has 1 aliphatic rings. The van der Waals surface area contributed by atoms with Gasteiger partial charge >= 0.3 is 0 Å². The number of hydrogen-bond acceptors (Lipinski definition) is 4. The fraction of sp³-hybridized carbons (Fsp3) is 0.200. The van der Waals surface area contributed by atoms with Crippen LogP contribution in [0, 0.1) is 0 Å². The van der Waals surface area contributed by atoms with Crippen molar-refractivity contribution in [2.75, 3.05) is 5.88 Å². The molecule has 0 aliphatic carbocycles. The summed E-state index contributed by atoms with van der Waals surface area (Å²) in [5.41, 5.74) is 0. The van der Waals surface area contributed by atoms with Gasteiger partial charge in [0.25, 0.3) is 10.1 Å². The summed E-state index contributed by atoms with van der Waals surface area (Å²) in [6.07, 6.45) is 6.14. The van der Waals surface area contributed by atoms with Gasteiger partial charge in [-0.2, -0.15) is 8.42 Å². The molecule has 0 amide bonds. The summed E-state index contributed by atoms with van der Waals surface area (Å²) in [7, 11) is -3.93. The van der Waals surface area contributed by atoms with Crippen molar-refractivity contribution in [1.82, 2.24) is 10.2 Å². The number of nitrogens with one attached hydrogen (secondary N) is 1. The van der Waals surface area contributed by atoms with Crippen LogP contribution in [0.5, 0.6) is 0 Å². The van der Waals surface area contributed by atoms with E-state index in [4.69, 9.17) is 4.55 Å². The summed E-state index contributed by atoms with van der Waals surface area (Å²) < 4.78 is 29.1. The molecule has 62 valence electrons. The smallest absolute Gasteiger partial charge is 0.283 e. The molecule has 11 heavy (non-hydrogen) atoms. The molecule has 5 nitrogen and oxygen atoms in total. The Balaban J connectivity index is 2.57. The Morgan fingerprint density at radius 3 is 2.36 bits per heavy atom. The molecule has 0 atom stereocenters. The van der Waals surface area contributed by atoms with Crippen molar-refractivity contribution in [3.63, 3.8) is 0 Å². The first-order valence-electron chi connectivity index (χ1n) is 2.88. The third-order valence-electron chi connectivity index (χ3n) is 1.04. The molecule has 1 heterocycles. The Morgan fingerprint density at radius 1 is 1.36 bits per heavy atom. The van der Waals surface area contributed by atoms with E-state index in [9.17, 15) is 8.42 Å².